The highest BCUT2D eigenvalue weighted by atomic mass is 19.1. The first-order valence-corrected chi connectivity index (χ1v) is 2.49. The second-order valence-electron chi connectivity index (χ2n) is 1.58. The molecule has 0 spiro atoms. The lowest BCUT2D eigenvalue weighted by Crippen LogP contribution is -2.12. The van der Waals surface area contributed by atoms with E-state index in [0.717, 1.165) is 6.07 Å². The third kappa shape index (κ3) is 1.29. The molecule has 0 aliphatic rings. The third-order valence-electron chi connectivity index (χ3n) is 0.844. The highest BCUT2D eigenvalue weighted by molar-refractivity contribution is 5.34. The molecule has 0 radical (unpaired) electrons. The minimum absolute atomic E-state index is 0.0301. The Morgan fingerprint density at radius 2 is 2.20 bits per heavy atom. The Morgan fingerprint density at radius 1 is 1.50 bits per heavy atom. The molecule has 1 heterocycles. The van der Waals surface area contributed by atoms with Crippen LogP contribution in [0.25, 0.3) is 0 Å². The molecule has 1 aromatic rings. The predicted molar refractivity (Wildman–Crippen MR) is 34.2 cm³/mol. The Balaban J connectivity index is 3.06. The first-order chi connectivity index (χ1) is 4.72. The smallest absolute Gasteiger partial charge is 0.241 e. The summed E-state index contributed by atoms with van der Waals surface area (Å²) < 4.78 is 12.3. The van der Waals surface area contributed by atoms with Crippen molar-refractivity contribution in [3.8, 4) is 0 Å². The van der Waals surface area contributed by atoms with Gasteiger partial charge in [0.15, 0.2) is 0 Å². The van der Waals surface area contributed by atoms with Crippen molar-refractivity contribution in [1.29, 1.82) is 0 Å². The molecule has 0 saturated heterocycles. The predicted octanol–water partition coefficient (Wildman–Crippen LogP) is -0.517. The molecular weight excluding hydrogens is 137 g/mol. The molecule has 1 aromatic heterocycles. The number of hydrogen-bond donors (Lipinski definition) is 3. The van der Waals surface area contributed by atoms with Gasteiger partial charge in [-0.05, 0) is 0 Å². The number of nitrogens with one attached hydrogen (secondary N) is 1. The monoisotopic (exact) mass is 143 g/mol. The van der Waals surface area contributed by atoms with Gasteiger partial charge in [-0.25, -0.2) is 5.84 Å². The maximum Gasteiger partial charge on any atom is 0.241 e. The summed E-state index contributed by atoms with van der Waals surface area (Å²) >= 11 is 0. The molecular formula is C4H6FN5. The molecule has 0 aliphatic heterocycles. The maximum absolute atomic E-state index is 12.3. The fourth-order valence-corrected chi connectivity index (χ4v) is 0.500. The Labute approximate surface area is 56.2 Å². The summed E-state index contributed by atoms with van der Waals surface area (Å²) in [4.78, 5) is 6.80. The van der Waals surface area contributed by atoms with Gasteiger partial charge in [-0.2, -0.15) is 14.4 Å². The van der Waals surface area contributed by atoms with Crippen LogP contribution < -0.4 is 17.0 Å². The molecule has 0 fully saturated rings. The molecule has 0 amide bonds. The molecule has 0 unspecified atom stereocenters. The maximum atomic E-state index is 12.3. The van der Waals surface area contributed by atoms with E-state index in [9.17, 15) is 4.39 Å². The van der Waals surface area contributed by atoms with E-state index >= 15 is 0 Å². The number of aromatic nitrogens is 2. The van der Waals surface area contributed by atoms with Crippen molar-refractivity contribution in [3.05, 3.63) is 12.0 Å². The first kappa shape index (κ1) is 6.69. The van der Waals surface area contributed by atoms with E-state index in [1.54, 1.807) is 0 Å². The number of nitrogens with two attached hydrogens (primary N) is 2. The van der Waals surface area contributed by atoms with Crippen molar-refractivity contribution in [1.82, 2.24) is 9.97 Å². The van der Waals surface area contributed by atoms with Crippen LogP contribution in [0, 0.1) is 5.95 Å². The van der Waals surface area contributed by atoms with Crippen LogP contribution in [-0.4, -0.2) is 9.97 Å². The zero-order valence-electron chi connectivity index (χ0n) is 5.00. The van der Waals surface area contributed by atoms with Crippen molar-refractivity contribution >= 4 is 11.8 Å². The molecule has 0 saturated carbocycles. The highest BCUT2D eigenvalue weighted by Gasteiger charge is 1.97. The van der Waals surface area contributed by atoms with Crippen molar-refractivity contribution in [2.24, 2.45) is 5.84 Å². The van der Waals surface area contributed by atoms with E-state index in [2.05, 4.69) is 15.4 Å². The Bertz CT molecular complexity index is 217. The second kappa shape index (κ2) is 2.44. The van der Waals surface area contributed by atoms with Crippen LogP contribution in [0.3, 0.4) is 0 Å². The summed E-state index contributed by atoms with van der Waals surface area (Å²) in [7, 11) is 0. The summed E-state index contributed by atoms with van der Waals surface area (Å²) in [6.07, 6.45) is 0. The van der Waals surface area contributed by atoms with E-state index in [4.69, 9.17) is 11.6 Å². The standard InChI is InChI=1S/C4H6FN5/c5-2-1-3(6)9-4(8-2)10-7/h1H,7H2,(H3,6,8,9,10). The summed E-state index contributed by atoms with van der Waals surface area (Å²) in [6.45, 7) is 0. The molecule has 6 heteroatoms. The highest BCUT2D eigenvalue weighted by Crippen LogP contribution is 2.02. The van der Waals surface area contributed by atoms with Gasteiger partial charge in [0.2, 0.25) is 11.9 Å². The molecule has 54 valence electrons. The average molecular weight is 143 g/mol. The number of nitrogens with zero attached hydrogens (tertiary/aromatic N) is 2. The molecule has 0 atom stereocenters. The van der Waals surface area contributed by atoms with Crippen LogP contribution >= 0.6 is 0 Å². The minimum atomic E-state index is -0.708. The molecule has 0 aromatic carbocycles. The largest absolute Gasteiger partial charge is 0.383 e. The average Bonchev–Trinajstić information content (AvgIpc) is 1.85. The van der Waals surface area contributed by atoms with Gasteiger partial charge in [0.1, 0.15) is 5.82 Å². The number of nitrogen functional groups attached to an aromatic ring is 2. The van der Waals surface area contributed by atoms with Crippen LogP contribution in [0.15, 0.2) is 6.07 Å². The van der Waals surface area contributed by atoms with Gasteiger partial charge in [0.25, 0.3) is 0 Å². The molecule has 5 nitrogen and oxygen atoms in total. The van der Waals surface area contributed by atoms with Gasteiger partial charge in [0, 0.05) is 6.07 Å². The Morgan fingerprint density at radius 3 is 2.70 bits per heavy atom. The number of halogens is 1. The lowest BCUT2D eigenvalue weighted by molar-refractivity contribution is 0.582. The van der Waals surface area contributed by atoms with Gasteiger partial charge >= 0.3 is 0 Å². The topological polar surface area (TPSA) is 89.8 Å². The second-order valence-corrected chi connectivity index (χ2v) is 1.58. The van der Waals surface area contributed by atoms with E-state index in [1.807, 2.05) is 0 Å². The van der Waals surface area contributed by atoms with Gasteiger partial charge in [-0.3, -0.25) is 5.43 Å². The van der Waals surface area contributed by atoms with Crippen LogP contribution in [0.2, 0.25) is 0 Å². The minimum Gasteiger partial charge on any atom is -0.383 e. The molecule has 5 N–H and O–H groups in total. The SMILES string of the molecule is NNc1nc(N)cc(F)n1. The van der Waals surface area contributed by atoms with Crippen molar-refractivity contribution in [3.63, 3.8) is 0 Å². The molecule has 1 rings (SSSR count). The van der Waals surface area contributed by atoms with Crippen molar-refractivity contribution < 1.29 is 4.39 Å². The zero-order chi connectivity index (χ0) is 7.56. The normalized spacial score (nSPS) is 9.40. The number of hydrogen-bond acceptors (Lipinski definition) is 5. The molecule has 10 heavy (non-hydrogen) atoms. The van der Waals surface area contributed by atoms with Crippen LogP contribution in [0.5, 0.6) is 0 Å². The third-order valence-corrected chi connectivity index (χ3v) is 0.844. The Kier molecular flexibility index (Phi) is 1.63. The fraction of sp³-hybridized carbons (Fsp3) is 0. The van der Waals surface area contributed by atoms with E-state index in [-0.39, 0.29) is 11.8 Å². The number of hydrazine groups is 1. The lowest BCUT2D eigenvalue weighted by atomic mass is 10.6. The van der Waals surface area contributed by atoms with E-state index in [1.165, 1.54) is 0 Å². The van der Waals surface area contributed by atoms with Crippen molar-refractivity contribution in [2.45, 2.75) is 0 Å². The van der Waals surface area contributed by atoms with Gasteiger partial charge < -0.3 is 5.73 Å². The Hall–Kier alpha value is -1.43. The number of rotatable bonds is 1. The fourth-order valence-electron chi connectivity index (χ4n) is 0.500. The quantitative estimate of drug-likeness (QED) is 0.279. The van der Waals surface area contributed by atoms with E-state index < -0.39 is 5.95 Å². The van der Waals surface area contributed by atoms with Crippen LogP contribution in [0.4, 0.5) is 16.2 Å². The lowest BCUT2D eigenvalue weighted by Gasteiger charge is -1.97. The summed E-state index contributed by atoms with van der Waals surface area (Å²) in [6, 6.07) is 1.00. The van der Waals surface area contributed by atoms with Gasteiger partial charge in [0.05, 0.1) is 0 Å². The van der Waals surface area contributed by atoms with Crippen LogP contribution in [-0.2, 0) is 0 Å². The summed E-state index contributed by atoms with van der Waals surface area (Å²) in [5.41, 5.74) is 7.21. The van der Waals surface area contributed by atoms with Gasteiger partial charge in [-0.1, -0.05) is 0 Å². The first-order valence-electron chi connectivity index (χ1n) is 2.49. The molecule has 0 bridgehead atoms. The van der Waals surface area contributed by atoms with Crippen molar-refractivity contribution in [2.75, 3.05) is 11.2 Å². The summed E-state index contributed by atoms with van der Waals surface area (Å²) in [5.74, 6) is 4.19. The van der Waals surface area contributed by atoms with Crippen LogP contribution in [0.1, 0.15) is 0 Å². The zero-order valence-corrected chi connectivity index (χ0v) is 5.00. The van der Waals surface area contributed by atoms with E-state index in [0.29, 0.717) is 0 Å². The molecule has 0 aliphatic carbocycles. The van der Waals surface area contributed by atoms with Gasteiger partial charge in [-0.15, -0.1) is 0 Å². The summed E-state index contributed by atoms with van der Waals surface area (Å²) in [5, 5.41) is 0. The number of anilines is 2.